The Kier molecular flexibility index (Phi) is 10.3. The van der Waals surface area contributed by atoms with Crippen molar-refractivity contribution in [1.82, 2.24) is 5.32 Å². The van der Waals surface area contributed by atoms with Gasteiger partial charge in [0.1, 0.15) is 17.3 Å². The number of rotatable bonds is 11. The zero-order valence-electron chi connectivity index (χ0n) is 22.2. The van der Waals surface area contributed by atoms with E-state index >= 15 is 0 Å². The van der Waals surface area contributed by atoms with Crippen molar-refractivity contribution in [3.8, 4) is 5.75 Å². The smallest absolute Gasteiger partial charge is 0.272 e. The van der Waals surface area contributed by atoms with Crippen molar-refractivity contribution in [2.24, 2.45) is 0 Å². The van der Waals surface area contributed by atoms with E-state index < -0.39 is 17.6 Å². The lowest BCUT2D eigenvalue weighted by atomic mass is 10.1. The number of carbonyl (C=O) groups excluding carboxylic acids is 3. The molecule has 9 heteroatoms. The number of hydrogen-bond acceptors (Lipinski definition) is 5. The Morgan fingerprint density at radius 1 is 0.805 bits per heavy atom. The zero-order chi connectivity index (χ0) is 29.0. The Morgan fingerprint density at radius 2 is 1.44 bits per heavy atom. The molecule has 0 aromatic heterocycles. The van der Waals surface area contributed by atoms with E-state index in [1.807, 2.05) is 6.92 Å². The highest BCUT2D eigenvalue weighted by Gasteiger charge is 2.16. The number of carbonyl (C=O) groups is 3. The first-order valence-electron chi connectivity index (χ1n) is 12.8. The van der Waals surface area contributed by atoms with Gasteiger partial charge in [0.15, 0.2) is 0 Å². The van der Waals surface area contributed by atoms with Crippen molar-refractivity contribution in [1.29, 1.82) is 0 Å². The van der Waals surface area contributed by atoms with Crippen LogP contribution >= 0.6 is 11.8 Å². The molecule has 4 aromatic carbocycles. The number of benzene rings is 4. The summed E-state index contributed by atoms with van der Waals surface area (Å²) < 4.78 is 19.7. The third-order valence-corrected chi connectivity index (χ3v) is 6.68. The van der Waals surface area contributed by atoms with Gasteiger partial charge in [-0.15, -0.1) is 11.8 Å². The summed E-state index contributed by atoms with van der Waals surface area (Å²) in [6.45, 7) is 2.48. The second kappa shape index (κ2) is 14.5. The van der Waals surface area contributed by atoms with Gasteiger partial charge >= 0.3 is 0 Å². The normalized spacial score (nSPS) is 10.9. The molecule has 0 aliphatic carbocycles. The van der Waals surface area contributed by atoms with Gasteiger partial charge in [-0.1, -0.05) is 36.4 Å². The van der Waals surface area contributed by atoms with Crippen LogP contribution in [0.15, 0.2) is 114 Å². The fourth-order valence-electron chi connectivity index (χ4n) is 3.67. The molecule has 0 radical (unpaired) electrons. The van der Waals surface area contributed by atoms with Crippen LogP contribution in [0.25, 0.3) is 6.08 Å². The Hall–Kier alpha value is -4.89. The number of thioether (sulfide) groups is 1. The van der Waals surface area contributed by atoms with Crippen LogP contribution < -0.4 is 20.7 Å². The van der Waals surface area contributed by atoms with Gasteiger partial charge in [-0.25, -0.2) is 4.39 Å². The van der Waals surface area contributed by atoms with Crippen LogP contribution in [0.1, 0.15) is 22.8 Å². The topological polar surface area (TPSA) is 96.5 Å². The van der Waals surface area contributed by atoms with Gasteiger partial charge in [0.2, 0.25) is 5.91 Å². The molecule has 4 rings (SSSR count). The maximum absolute atomic E-state index is 14.3. The van der Waals surface area contributed by atoms with E-state index in [9.17, 15) is 18.8 Å². The Labute approximate surface area is 241 Å². The molecule has 3 amide bonds. The molecule has 41 heavy (non-hydrogen) atoms. The van der Waals surface area contributed by atoms with Gasteiger partial charge in [-0.2, -0.15) is 0 Å². The number of hydrogen-bond donors (Lipinski definition) is 3. The van der Waals surface area contributed by atoms with E-state index in [4.69, 9.17) is 4.74 Å². The summed E-state index contributed by atoms with van der Waals surface area (Å²) in [6.07, 6.45) is 1.29. The first kappa shape index (κ1) is 29.1. The molecule has 0 unspecified atom stereocenters. The third-order valence-electron chi connectivity index (χ3n) is 5.67. The SMILES string of the molecule is CCOc1ccc(NC(=O)CSc2ccc(NC(=O)/C(=C/c3ccccc3F)NC(=O)c3ccccc3)cc2)cc1. The molecular weight excluding hydrogens is 541 g/mol. The monoisotopic (exact) mass is 569 g/mol. The molecule has 0 aliphatic heterocycles. The van der Waals surface area contributed by atoms with Gasteiger partial charge in [-0.3, -0.25) is 14.4 Å². The number of ether oxygens (including phenoxy) is 1. The average molecular weight is 570 g/mol. The summed E-state index contributed by atoms with van der Waals surface area (Å²) in [4.78, 5) is 39.1. The minimum Gasteiger partial charge on any atom is -0.494 e. The highest BCUT2D eigenvalue weighted by Crippen LogP contribution is 2.22. The van der Waals surface area contributed by atoms with Gasteiger partial charge in [0.25, 0.3) is 11.8 Å². The van der Waals surface area contributed by atoms with Crippen LogP contribution in [0.2, 0.25) is 0 Å². The third kappa shape index (κ3) is 8.81. The molecule has 0 saturated heterocycles. The van der Waals surface area contributed by atoms with Crippen molar-refractivity contribution in [2.45, 2.75) is 11.8 Å². The minimum atomic E-state index is -0.618. The fraction of sp³-hybridized carbons (Fsp3) is 0.0938. The average Bonchev–Trinajstić information content (AvgIpc) is 2.99. The van der Waals surface area contributed by atoms with Crippen molar-refractivity contribution in [3.63, 3.8) is 0 Å². The van der Waals surface area contributed by atoms with Crippen LogP contribution in [0, 0.1) is 5.82 Å². The predicted molar refractivity (Wildman–Crippen MR) is 160 cm³/mol. The van der Waals surface area contributed by atoms with Crippen LogP contribution in [0.3, 0.4) is 0 Å². The molecule has 4 aromatic rings. The largest absolute Gasteiger partial charge is 0.494 e. The molecule has 3 N–H and O–H groups in total. The van der Waals surface area contributed by atoms with E-state index in [0.717, 1.165) is 10.6 Å². The van der Waals surface area contributed by atoms with Crippen molar-refractivity contribution in [2.75, 3.05) is 23.0 Å². The van der Waals surface area contributed by atoms with Crippen molar-refractivity contribution in [3.05, 3.63) is 126 Å². The Morgan fingerprint density at radius 3 is 2.12 bits per heavy atom. The van der Waals surface area contributed by atoms with E-state index in [-0.39, 0.29) is 22.9 Å². The van der Waals surface area contributed by atoms with Crippen LogP contribution in [0.5, 0.6) is 5.75 Å². The summed E-state index contributed by atoms with van der Waals surface area (Å²) in [5, 5.41) is 8.17. The van der Waals surface area contributed by atoms with E-state index in [0.29, 0.717) is 23.5 Å². The molecule has 0 spiro atoms. The number of halogens is 1. The fourth-order valence-corrected chi connectivity index (χ4v) is 4.37. The van der Waals surface area contributed by atoms with Crippen LogP contribution in [0.4, 0.5) is 15.8 Å². The molecule has 0 aliphatic rings. The second-order valence-electron chi connectivity index (χ2n) is 8.67. The summed E-state index contributed by atoms with van der Waals surface area (Å²) in [7, 11) is 0. The highest BCUT2D eigenvalue weighted by atomic mass is 32.2. The molecule has 208 valence electrons. The summed E-state index contributed by atoms with van der Waals surface area (Å²) in [5.74, 6) is -0.875. The number of nitrogens with one attached hydrogen (secondary N) is 3. The van der Waals surface area contributed by atoms with Gasteiger partial charge in [-0.05, 0) is 79.7 Å². The zero-order valence-corrected chi connectivity index (χ0v) is 23.0. The van der Waals surface area contributed by atoms with Crippen molar-refractivity contribution >= 4 is 46.9 Å². The van der Waals surface area contributed by atoms with E-state index in [2.05, 4.69) is 16.0 Å². The second-order valence-corrected chi connectivity index (χ2v) is 9.72. The van der Waals surface area contributed by atoms with Crippen LogP contribution in [-0.4, -0.2) is 30.1 Å². The summed E-state index contributed by atoms with van der Waals surface area (Å²) in [5.41, 5.74) is 1.53. The maximum atomic E-state index is 14.3. The quantitative estimate of drug-likeness (QED) is 0.144. The minimum absolute atomic E-state index is 0.117. The molecule has 0 atom stereocenters. The molecule has 0 bridgehead atoms. The molecule has 0 saturated carbocycles. The lowest BCUT2D eigenvalue weighted by molar-refractivity contribution is -0.114. The molecule has 7 nitrogen and oxygen atoms in total. The van der Waals surface area contributed by atoms with Gasteiger partial charge in [0.05, 0.1) is 12.4 Å². The van der Waals surface area contributed by atoms with Crippen LogP contribution in [-0.2, 0) is 9.59 Å². The first-order valence-corrected chi connectivity index (χ1v) is 13.8. The molecular formula is C32H28FN3O4S. The summed E-state index contributed by atoms with van der Waals surface area (Å²) in [6, 6.07) is 28.4. The maximum Gasteiger partial charge on any atom is 0.272 e. The van der Waals surface area contributed by atoms with Crippen molar-refractivity contribution < 1.29 is 23.5 Å². The Bertz CT molecular complexity index is 1530. The standard InChI is InChI=1S/C32H28FN3O4S/c1-2-40-26-16-12-24(13-17-26)34-30(37)21-41-27-18-14-25(15-19-27)35-32(39)29(20-23-10-6-7-11-28(23)33)36-31(38)22-8-4-3-5-9-22/h3-20H,2,21H2,1H3,(H,34,37)(H,35,39)(H,36,38)/b29-20-. The lowest BCUT2D eigenvalue weighted by Crippen LogP contribution is -2.30. The predicted octanol–water partition coefficient (Wildman–Crippen LogP) is 6.36. The molecule has 0 fully saturated rings. The van der Waals surface area contributed by atoms with E-state index in [1.54, 1.807) is 84.9 Å². The Balaban J connectivity index is 1.37. The van der Waals surface area contributed by atoms with Gasteiger partial charge < -0.3 is 20.7 Å². The first-order chi connectivity index (χ1) is 19.9. The number of anilines is 2. The summed E-state index contributed by atoms with van der Waals surface area (Å²) >= 11 is 1.34. The van der Waals surface area contributed by atoms with E-state index in [1.165, 1.54) is 36.0 Å². The number of amides is 3. The lowest BCUT2D eigenvalue weighted by Gasteiger charge is -2.12. The molecule has 0 heterocycles. The van der Waals surface area contributed by atoms with Gasteiger partial charge in [0, 0.05) is 27.4 Å². The highest BCUT2D eigenvalue weighted by molar-refractivity contribution is 8.00.